The Balaban J connectivity index is 0.000000370. The van der Waals surface area contributed by atoms with Gasteiger partial charge in [0.1, 0.15) is 12.6 Å². The van der Waals surface area contributed by atoms with Gasteiger partial charge in [-0.3, -0.25) is 9.59 Å². The summed E-state index contributed by atoms with van der Waals surface area (Å²) in [4.78, 5) is 20.5. The number of aliphatic carboxylic acids is 1. The molecule has 0 fully saturated rings. The molecule has 0 bridgehead atoms. The Hall–Kier alpha value is -1.88. The third-order valence-corrected chi connectivity index (χ3v) is 2.33. The van der Waals surface area contributed by atoms with Crippen LogP contribution in [0, 0.1) is 5.92 Å². The molecule has 3 N–H and O–H groups in total. The zero-order chi connectivity index (χ0) is 15.5. The molecule has 0 unspecified atom stereocenters. The van der Waals surface area contributed by atoms with Gasteiger partial charge in [-0.1, -0.05) is 44.2 Å². The number of carbonyl (C=O) groups is 2. The molecule has 0 aromatic heterocycles. The van der Waals surface area contributed by atoms with E-state index in [4.69, 9.17) is 15.6 Å². The summed E-state index contributed by atoms with van der Waals surface area (Å²) < 4.78 is 4.79. The van der Waals surface area contributed by atoms with E-state index in [1.807, 2.05) is 44.2 Å². The van der Waals surface area contributed by atoms with E-state index in [0.29, 0.717) is 18.9 Å². The lowest BCUT2D eigenvalue weighted by Gasteiger charge is -2.07. The number of nitrogens with two attached hydrogens (primary N) is 1. The van der Waals surface area contributed by atoms with Gasteiger partial charge in [0, 0.05) is 6.92 Å². The Kier molecular flexibility index (Phi) is 9.04. The van der Waals surface area contributed by atoms with Crippen molar-refractivity contribution in [2.75, 3.05) is 0 Å². The number of hydrogen-bond donors (Lipinski definition) is 2. The van der Waals surface area contributed by atoms with Crippen molar-refractivity contribution in [3.05, 3.63) is 35.9 Å². The van der Waals surface area contributed by atoms with E-state index in [9.17, 15) is 9.59 Å². The molecule has 0 heterocycles. The lowest BCUT2D eigenvalue weighted by molar-refractivity contribution is -0.142. The van der Waals surface area contributed by atoms with Crippen LogP contribution in [0.4, 0.5) is 0 Å². The SMILES string of the molecule is CC(=O)OCc1ccccc1.CC(C)C[C@H](N)C(=O)O. The van der Waals surface area contributed by atoms with Crippen LogP contribution in [-0.2, 0) is 20.9 Å². The van der Waals surface area contributed by atoms with Gasteiger partial charge in [0.05, 0.1) is 0 Å². The van der Waals surface area contributed by atoms with Crippen LogP contribution in [0.15, 0.2) is 30.3 Å². The molecular weight excluding hydrogens is 258 g/mol. The maximum atomic E-state index is 10.4. The fourth-order valence-corrected chi connectivity index (χ4v) is 1.37. The number of rotatable bonds is 5. The molecule has 0 amide bonds. The number of ether oxygens (including phenoxy) is 1. The summed E-state index contributed by atoms with van der Waals surface area (Å²) >= 11 is 0. The summed E-state index contributed by atoms with van der Waals surface area (Å²) in [5.41, 5.74) is 6.23. The van der Waals surface area contributed by atoms with Crippen LogP contribution < -0.4 is 5.73 Å². The normalized spacial score (nSPS) is 11.2. The second-order valence-corrected chi connectivity index (χ2v) is 4.84. The monoisotopic (exact) mass is 281 g/mol. The molecule has 1 aromatic carbocycles. The summed E-state index contributed by atoms with van der Waals surface area (Å²) in [5, 5.41) is 8.31. The van der Waals surface area contributed by atoms with Crippen molar-refractivity contribution in [3.63, 3.8) is 0 Å². The van der Waals surface area contributed by atoms with Crippen molar-refractivity contribution in [2.24, 2.45) is 11.7 Å². The summed E-state index contributed by atoms with van der Waals surface area (Å²) in [6, 6.07) is 8.91. The Morgan fingerprint density at radius 2 is 1.80 bits per heavy atom. The van der Waals surface area contributed by atoms with Crippen LogP contribution in [0.25, 0.3) is 0 Å². The van der Waals surface area contributed by atoms with E-state index in [-0.39, 0.29) is 5.97 Å². The number of carboxylic acid groups (broad SMARTS) is 1. The number of benzene rings is 1. The van der Waals surface area contributed by atoms with Gasteiger partial charge in [-0.05, 0) is 17.9 Å². The Morgan fingerprint density at radius 1 is 1.25 bits per heavy atom. The first-order valence-corrected chi connectivity index (χ1v) is 6.48. The summed E-state index contributed by atoms with van der Waals surface area (Å²) in [5.74, 6) is -0.798. The van der Waals surface area contributed by atoms with Gasteiger partial charge in [-0.15, -0.1) is 0 Å². The molecule has 1 atom stereocenters. The van der Waals surface area contributed by atoms with E-state index < -0.39 is 12.0 Å². The quantitative estimate of drug-likeness (QED) is 0.807. The zero-order valence-electron chi connectivity index (χ0n) is 12.2. The molecule has 0 aliphatic carbocycles. The fourth-order valence-electron chi connectivity index (χ4n) is 1.37. The van der Waals surface area contributed by atoms with E-state index in [2.05, 4.69) is 0 Å². The molecule has 112 valence electrons. The van der Waals surface area contributed by atoms with Crippen molar-refractivity contribution < 1.29 is 19.4 Å². The van der Waals surface area contributed by atoms with Crippen LogP contribution in [0.5, 0.6) is 0 Å². The second kappa shape index (κ2) is 9.97. The van der Waals surface area contributed by atoms with Crippen LogP contribution in [0.2, 0.25) is 0 Å². The molecule has 20 heavy (non-hydrogen) atoms. The average Bonchev–Trinajstić information content (AvgIpc) is 2.37. The highest BCUT2D eigenvalue weighted by atomic mass is 16.5. The molecule has 0 aliphatic heterocycles. The minimum absolute atomic E-state index is 0.242. The zero-order valence-corrected chi connectivity index (χ0v) is 12.2. The van der Waals surface area contributed by atoms with Crippen LogP contribution >= 0.6 is 0 Å². The molecule has 1 rings (SSSR count). The highest BCUT2D eigenvalue weighted by molar-refractivity contribution is 5.72. The Morgan fingerprint density at radius 3 is 2.15 bits per heavy atom. The van der Waals surface area contributed by atoms with Crippen molar-refractivity contribution in [1.82, 2.24) is 0 Å². The average molecular weight is 281 g/mol. The van der Waals surface area contributed by atoms with E-state index in [1.165, 1.54) is 6.92 Å². The van der Waals surface area contributed by atoms with Crippen LogP contribution in [-0.4, -0.2) is 23.1 Å². The predicted octanol–water partition coefficient (Wildman–Crippen LogP) is 2.19. The summed E-state index contributed by atoms with van der Waals surface area (Å²) in [6.45, 7) is 5.67. The maximum Gasteiger partial charge on any atom is 0.320 e. The van der Waals surface area contributed by atoms with Gasteiger partial charge >= 0.3 is 11.9 Å². The third-order valence-electron chi connectivity index (χ3n) is 2.33. The van der Waals surface area contributed by atoms with Crippen LogP contribution in [0.3, 0.4) is 0 Å². The summed E-state index contributed by atoms with van der Waals surface area (Å²) in [7, 11) is 0. The Labute approximate surface area is 119 Å². The van der Waals surface area contributed by atoms with Gasteiger partial charge in [0.15, 0.2) is 0 Å². The number of carboxylic acids is 1. The highest BCUT2D eigenvalue weighted by Gasteiger charge is 2.11. The molecule has 5 heteroatoms. The van der Waals surface area contributed by atoms with Gasteiger partial charge in [-0.25, -0.2) is 0 Å². The molecular formula is C15H23NO4. The maximum absolute atomic E-state index is 10.4. The largest absolute Gasteiger partial charge is 0.480 e. The lowest BCUT2D eigenvalue weighted by Crippen LogP contribution is -2.31. The molecule has 1 aromatic rings. The van der Waals surface area contributed by atoms with Crippen molar-refractivity contribution in [2.45, 2.75) is 39.8 Å². The van der Waals surface area contributed by atoms with Gasteiger partial charge in [0.2, 0.25) is 0 Å². The first-order valence-electron chi connectivity index (χ1n) is 6.48. The second-order valence-electron chi connectivity index (χ2n) is 4.84. The first-order chi connectivity index (χ1) is 9.32. The van der Waals surface area contributed by atoms with E-state index in [1.54, 1.807) is 0 Å². The highest BCUT2D eigenvalue weighted by Crippen LogP contribution is 2.01. The predicted molar refractivity (Wildman–Crippen MR) is 77.0 cm³/mol. The molecule has 5 nitrogen and oxygen atoms in total. The molecule has 0 saturated carbocycles. The molecule has 0 spiro atoms. The van der Waals surface area contributed by atoms with Crippen molar-refractivity contribution in [1.29, 1.82) is 0 Å². The molecule has 0 radical (unpaired) electrons. The van der Waals surface area contributed by atoms with Gasteiger partial charge in [-0.2, -0.15) is 0 Å². The fraction of sp³-hybridized carbons (Fsp3) is 0.467. The minimum atomic E-state index is -0.913. The summed E-state index contributed by atoms with van der Waals surface area (Å²) in [6.07, 6.45) is 0.551. The number of carbonyl (C=O) groups excluding carboxylic acids is 1. The molecule has 0 aliphatic rings. The molecule has 0 saturated heterocycles. The minimum Gasteiger partial charge on any atom is -0.480 e. The topological polar surface area (TPSA) is 89.6 Å². The standard InChI is InChI=1S/C9H10O2.C6H13NO2/c1-8(10)11-7-9-5-3-2-4-6-9;1-4(2)3-5(7)6(8)9/h2-6H,7H2,1H3;4-5H,3,7H2,1-2H3,(H,8,9)/t;5-/m.0/s1. The number of hydrogen-bond acceptors (Lipinski definition) is 4. The number of esters is 1. The van der Waals surface area contributed by atoms with E-state index in [0.717, 1.165) is 5.56 Å². The van der Waals surface area contributed by atoms with E-state index >= 15 is 0 Å². The van der Waals surface area contributed by atoms with Crippen LogP contribution in [0.1, 0.15) is 32.8 Å². The van der Waals surface area contributed by atoms with Crippen molar-refractivity contribution >= 4 is 11.9 Å². The lowest BCUT2D eigenvalue weighted by atomic mass is 10.1. The van der Waals surface area contributed by atoms with Crippen molar-refractivity contribution in [3.8, 4) is 0 Å². The first kappa shape index (κ1) is 18.1. The third kappa shape index (κ3) is 10.1. The van der Waals surface area contributed by atoms with Gasteiger partial charge < -0.3 is 15.6 Å². The Bertz CT molecular complexity index is 404. The van der Waals surface area contributed by atoms with Gasteiger partial charge in [0.25, 0.3) is 0 Å². The smallest absolute Gasteiger partial charge is 0.320 e.